The van der Waals surface area contributed by atoms with Crippen molar-refractivity contribution in [1.82, 2.24) is 9.97 Å². The molecule has 2 heterocycles. The number of oxazole rings is 1. The minimum Gasteiger partial charge on any atom is -0.435 e. The van der Waals surface area contributed by atoms with Gasteiger partial charge in [-0.1, -0.05) is 25.3 Å². The van der Waals surface area contributed by atoms with Gasteiger partial charge in [-0.2, -0.15) is 0 Å². The Bertz CT molecular complexity index is 851. The zero-order valence-electron chi connectivity index (χ0n) is 13.3. The summed E-state index contributed by atoms with van der Waals surface area (Å²) < 4.78 is 11.3. The molecule has 4 rings (SSSR count). The predicted molar refractivity (Wildman–Crippen MR) is 89.5 cm³/mol. The second-order valence-corrected chi connectivity index (χ2v) is 6.12. The van der Waals surface area contributed by atoms with Gasteiger partial charge < -0.3 is 9.15 Å². The first-order valence-electron chi connectivity index (χ1n) is 8.33. The molecule has 24 heavy (non-hydrogen) atoms. The minimum atomic E-state index is -0.140. The van der Waals surface area contributed by atoms with E-state index in [1.165, 1.54) is 6.42 Å². The van der Waals surface area contributed by atoms with Gasteiger partial charge in [0.25, 0.3) is 0 Å². The van der Waals surface area contributed by atoms with Crippen molar-refractivity contribution in [3.05, 3.63) is 42.6 Å². The van der Waals surface area contributed by atoms with E-state index in [2.05, 4.69) is 9.97 Å². The van der Waals surface area contributed by atoms with Crippen LogP contribution < -0.4 is 4.74 Å². The van der Waals surface area contributed by atoms with Gasteiger partial charge in [-0.3, -0.25) is 9.78 Å². The SMILES string of the molecule is O=C(Oc1ccc2nc(-c3ccccn3)oc2c1)C1CCCCC1. The largest absolute Gasteiger partial charge is 0.435 e. The van der Waals surface area contributed by atoms with Crippen LogP contribution in [0.4, 0.5) is 0 Å². The first-order chi connectivity index (χ1) is 11.8. The van der Waals surface area contributed by atoms with E-state index >= 15 is 0 Å². The molecule has 0 saturated heterocycles. The molecule has 5 heteroatoms. The summed E-state index contributed by atoms with van der Waals surface area (Å²) in [6, 6.07) is 10.8. The fourth-order valence-electron chi connectivity index (χ4n) is 3.11. The number of benzene rings is 1. The maximum atomic E-state index is 12.3. The average molecular weight is 322 g/mol. The highest BCUT2D eigenvalue weighted by Gasteiger charge is 2.23. The third kappa shape index (κ3) is 3.02. The molecule has 1 aliphatic carbocycles. The molecular weight excluding hydrogens is 304 g/mol. The van der Waals surface area contributed by atoms with Crippen LogP contribution in [0.1, 0.15) is 32.1 Å². The quantitative estimate of drug-likeness (QED) is 0.529. The van der Waals surface area contributed by atoms with E-state index in [4.69, 9.17) is 9.15 Å². The molecule has 1 aliphatic rings. The maximum Gasteiger partial charge on any atom is 0.314 e. The highest BCUT2D eigenvalue weighted by molar-refractivity contribution is 5.80. The molecule has 0 aliphatic heterocycles. The Kier molecular flexibility index (Phi) is 3.99. The van der Waals surface area contributed by atoms with Gasteiger partial charge in [0.15, 0.2) is 5.58 Å². The van der Waals surface area contributed by atoms with E-state index in [1.807, 2.05) is 18.2 Å². The van der Waals surface area contributed by atoms with Gasteiger partial charge in [0.2, 0.25) is 5.89 Å². The van der Waals surface area contributed by atoms with E-state index in [0.717, 1.165) is 25.7 Å². The van der Waals surface area contributed by atoms with Crippen molar-refractivity contribution in [2.24, 2.45) is 5.92 Å². The average Bonchev–Trinajstić information content (AvgIpc) is 3.06. The lowest BCUT2D eigenvalue weighted by Gasteiger charge is -2.19. The Labute approximate surface area is 139 Å². The van der Waals surface area contributed by atoms with Crippen molar-refractivity contribution in [1.29, 1.82) is 0 Å². The number of hydrogen-bond acceptors (Lipinski definition) is 5. The van der Waals surface area contributed by atoms with Crippen LogP contribution in [0.15, 0.2) is 47.0 Å². The third-order valence-corrected chi connectivity index (χ3v) is 4.40. The molecule has 0 unspecified atom stereocenters. The molecule has 0 N–H and O–H groups in total. The number of nitrogens with zero attached hydrogens (tertiary/aromatic N) is 2. The van der Waals surface area contributed by atoms with Crippen LogP contribution in [0.5, 0.6) is 5.75 Å². The first-order valence-corrected chi connectivity index (χ1v) is 8.33. The van der Waals surface area contributed by atoms with Crippen LogP contribution in [0.25, 0.3) is 22.7 Å². The number of ether oxygens (including phenoxy) is 1. The second kappa shape index (κ2) is 6.43. The first kappa shape index (κ1) is 14.9. The number of esters is 1. The van der Waals surface area contributed by atoms with Crippen LogP contribution in [-0.4, -0.2) is 15.9 Å². The molecule has 1 fully saturated rings. The van der Waals surface area contributed by atoms with Crippen molar-refractivity contribution >= 4 is 17.1 Å². The van der Waals surface area contributed by atoms with E-state index in [0.29, 0.717) is 28.4 Å². The number of pyridine rings is 1. The summed E-state index contributed by atoms with van der Waals surface area (Å²) in [4.78, 5) is 20.9. The number of fused-ring (bicyclic) bond motifs is 1. The van der Waals surface area contributed by atoms with E-state index in [9.17, 15) is 4.79 Å². The van der Waals surface area contributed by atoms with Crippen molar-refractivity contribution in [2.45, 2.75) is 32.1 Å². The predicted octanol–water partition coefficient (Wildman–Crippen LogP) is 4.38. The zero-order chi connectivity index (χ0) is 16.4. The molecule has 0 amide bonds. The van der Waals surface area contributed by atoms with Gasteiger partial charge in [0.1, 0.15) is 17.0 Å². The van der Waals surface area contributed by atoms with Crippen molar-refractivity contribution in [3.8, 4) is 17.3 Å². The summed E-state index contributed by atoms with van der Waals surface area (Å²) in [7, 11) is 0. The summed E-state index contributed by atoms with van der Waals surface area (Å²) >= 11 is 0. The molecule has 0 radical (unpaired) electrons. The lowest BCUT2D eigenvalue weighted by atomic mass is 9.89. The topological polar surface area (TPSA) is 65.2 Å². The Morgan fingerprint density at radius 1 is 1.12 bits per heavy atom. The third-order valence-electron chi connectivity index (χ3n) is 4.40. The standard InChI is InChI=1S/C19H18N2O3/c22-19(13-6-2-1-3-7-13)23-14-9-10-15-17(12-14)24-18(21-15)16-8-4-5-11-20-16/h4-5,8-13H,1-3,6-7H2. The summed E-state index contributed by atoms with van der Waals surface area (Å²) in [6.45, 7) is 0. The fraction of sp³-hybridized carbons (Fsp3) is 0.316. The fourth-order valence-corrected chi connectivity index (χ4v) is 3.11. The van der Waals surface area contributed by atoms with Crippen LogP contribution in [0.3, 0.4) is 0 Å². The van der Waals surface area contributed by atoms with Crippen molar-refractivity contribution in [2.75, 3.05) is 0 Å². The van der Waals surface area contributed by atoms with Crippen LogP contribution in [-0.2, 0) is 4.79 Å². The molecule has 2 aromatic heterocycles. The maximum absolute atomic E-state index is 12.3. The smallest absolute Gasteiger partial charge is 0.314 e. The van der Waals surface area contributed by atoms with Crippen LogP contribution in [0.2, 0.25) is 0 Å². The van der Waals surface area contributed by atoms with Gasteiger partial charge in [-0.05, 0) is 37.1 Å². The number of carbonyl (C=O) groups is 1. The van der Waals surface area contributed by atoms with E-state index in [-0.39, 0.29) is 11.9 Å². The van der Waals surface area contributed by atoms with Crippen molar-refractivity contribution < 1.29 is 13.9 Å². The molecular formula is C19H18N2O3. The molecule has 0 bridgehead atoms. The molecule has 0 spiro atoms. The summed E-state index contributed by atoms with van der Waals surface area (Å²) in [6.07, 6.45) is 6.97. The number of aromatic nitrogens is 2. The minimum absolute atomic E-state index is 0.0215. The Hall–Kier alpha value is -2.69. The molecule has 0 atom stereocenters. The summed E-state index contributed by atoms with van der Waals surface area (Å²) in [5.74, 6) is 0.843. The van der Waals surface area contributed by atoms with Crippen LogP contribution >= 0.6 is 0 Å². The molecule has 5 nitrogen and oxygen atoms in total. The molecule has 3 aromatic rings. The van der Waals surface area contributed by atoms with Crippen molar-refractivity contribution in [3.63, 3.8) is 0 Å². The van der Waals surface area contributed by atoms with Gasteiger partial charge in [0.05, 0.1) is 5.92 Å². The Morgan fingerprint density at radius 2 is 2.00 bits per heavy atom. The van der Waals surface area contributed by atoms with Gasteiger partial charge in [-0.25, -0.2) is 4.98 Å². The highest BCUT2D eigenvalue weighted by atomic mass is 16.5. The number of rotatable bonds is 3. The summed E-state index contributed by atoms with van der Waals surface area (Å²) in [5.41, 5.74) is 1.98. The number of carbonyl (C=O) groups excluding carboxylic acids is 1. The Balaban J connectivity index is 1.56. The summed E-state index contributed by atoms with van der Waals surface area (Å²) in [5, 5.41) is 0. The molecule has 1 aromatic carbocycles. The normalized spacial score (nSPS) is 15.5. The van der Waals surface area contributed by atoms with Gasteiger partial charge >= 0.3 is 5.97 Å². The van der Waals surface area contributed by atoms with Gasteiger partial charge in [-0.15, -0.1) is 0 Å². The zero-order valence-corrected chi connectivity index (χ0v) is 13.3. The monoisotopic (exact) mass is 322 g/mol. The molecule has 122 valence electrons. The number of hydrogen-bond donors (Lipinski definition) is 0. The molecule has 1 saturated carbocycles. The van der Waals surface area contributed by atoms with Gasteiger partial charge in [0, 0.05) is 12.3 Å². The highest BCUT2D eigenvalue weighted by Crippen LogP contribution is 2.28. The lowest BCUT2D eigenvalue weighted by Crippen LogP contribution is -2.22. The van der Waals surface area contributed by atoms with E-state index < -0.39 is 0 Å². The second-order valence-electron chi connectivity index (χ2n) is 6.12. The lowest BCUT2D eigenvalue weighted by molar-refractivity contribution is -0.139. The van der Waals surface area contributed by atoms with Crippen LogP contribution in [0, 0.1) is 5.92 Å². The van der Waals surface area contributed by atoms with E-state index in [1.54, 1.807) is 24.4 Å². The Morgan fingerprint density at radius 3 is 2.79 bits per heavy atom.